The maximum Gasteiger partial charge on any atom is 0.186 e. The van der Waals surface area contributed by atoms with E-state index in [0.717, 1.165) is 10.9 Å². The van der Waals surface area contributed by atoms with Crippen molar-refractivity contribution in [1.82, 2.24) is 14.8 Å². The number of nitrogens with zero attached hydrogens (tertiary/aromatic N) is 4. The van der Waals surface area contributed by atoms with Crippen LogP contribution in [0.1, 0.15) is 5.56 Å². The molecule has 90 valence electrons. The molecule has 0 fully saturated rings. The van der Waals surface area contributed by atoms with Crippen LogP contribution in [-0.2, 0) is 12.8 Å². The summed E-state index contributed by atoms with van der Waals surface area (Å²) in [5, 5.41) is 5.00. The Balaban J connectivity index is 2.11. The minimum atomic E-state index is 0.904. The van der Waals surface area contributed by atoms with Gasteiger partial charge in [-0.05, 0) is 11.6 Å². The van der Waals surface area contributed by atoms with Gasteiger partial charge in [-0.25, -0.2) is 9.67 Å². The third-order valence-corrected chi connectivity index (χ3v) is 3.58. The molecule has 1 aromatic carbocycles. The van der Waals surface area contributed by atoms with Crippen LogP contribution in [0.4, 0.5) is 5.69 Å². The van der Waals surface area contributed by atoms with Crippen molar-refractivity contribution in [3.63, 3.8) is 0 Å². The fourth-order valence-electron chi connectivity index (χ4n) is 1.63. The van der Waals surface area contributed by atoms with Gasteiger partial charge in [0.1, 0.15) is 6.33 Å². The summed E-state index contributed by atoms with van der Waals surface area (Å²) in [6.07, 6.45) is 1.58. The average molecular weight is 248 g/mol. The van der Waals surface area contributed by atoms with E-state index in [-0.39, 0.29) is 0 Å². The summed E-state index contributed by atoms with van der Waals surface area (Å²) in [5.41, 5.74) is 2.56. The van der Waals surface area contributed by atoms with E-state index in [4.69, 9.17) is 0 Å². The molecule has 17 heavy (non-hydrogen) atoms. The Morgan fingerprint density at radius 2 is 2.06 bits per heavy atom. The van der Waals surface area contributed by atoms with Crippen molar-refractivity contribution >= 4 is 17.4 Å². The topological polar surface area (TPSA) is 34.0 Å². The van der Waals surface area contributed by atoms with Crippen molar-refractivity contribution in [3.8, 4) is 0 Å². The van der Waals surface area contributed by atoms with Crippen LogP contribution in [0.25, 0.3) is 0 Å². The molecule has 0 N–H and O–H groups in total. The monoisotopic (exact) mass is 248 g/mol. The molecule has 5 heteroatoms. The molecular formula is C12H16N4S. The highest BCUT2D eigenvalue weighted by Crippen LogP contribution is 2.26. The van der Waals surface area contributed by atoms with E-state index < -0.39 is 0 Å². The molecule has 0 spiro atoms. The molecule has 0 aliphatic heterocycles. The lowest BCUT2D eigenvalue weighted by Crippen LogP contribution is -2.10. The highest BCUT2D eigenvalue weighted by molar-refractivity contribution is 7.98. The molecule has 0 saturated heterocycles. The van der Waals surface area contributed by atoms with Gasteiger partial charge in [0.25, 0.3) is 0 Å². The summed E-state index contributed by atoms with van der Waals surface area (Å²) in [7, 11) is 6.03. The van der Waals surface area contributed by atoms with E-state index in [1.807, 2.05) is 7.05 Å². The van der Waals surface area contributed by atoms with Gasteiger partial charge in [-0.1, -0.05) is 30.0 Å². The number of hydrogen-bond acceptors (Lipinski definition) is 4. The third kappa shape index (κ3) is 2.79. The van der Waals surface area contributed by atoms with Crippen LogP contribution in [0.2, 0.25) is 0 Å². The van der Waals surface area contributed by atoms with Crippen LogP contribution in [0.15, 0.2) is 35.7 Å². The van der Waals surface area contributed by atoms with Gasteiger partial charge in [0.2, 0.25) is 0 Å². The van der Waals surface area contributed by atoms with E-state index in [0.29, 0.717) is 0 Å². The number of anilines is 1. The molecule has 0 aliphatic rings. The first-order valence-corrected chi connectivity index (χ1v) is 6.39. The fraction of sp³-hybridized carbons (Fsp3) is 0.333. The van der Waals surface area contributed by atoms with Gasteiger partial charge in [0.15, 0.2) is 5.16 Å². The number of aryl methyl sites for hydroxylation is 1. The first kappa shape index (κ1) is 12.0. The van der Waals surface area contributed by atoms with Gasteiger partial charge in [0.05, 0.1) is 0 Å². The molecule has 4 nitrogen and oxygen atoms in total. The molecule has 0 bridgehead atoms. The summed E-state index contributed by atoms with van der Waals surface area (Å²) < 4.78 is 1.79. The Hall–Kier alpha value is -1.49. The molecule has 1 heterocycles. The highest BCUT2D eigenvalue weighted by Gasteiger charge is 2.06. The molecule has 1 aromatic heterocycles. The summed E-state index contributed by atoms with van der Waals surface area (Å²) in [6, 6.07) is 8.41. The number of para-hydroxylation sites is 1. The molecule has 0 atom stereocenters. The second-order valence-corrected chi connectivity index (χ2v) is 4.92. The summed E-state index contributed by atoms with van der Waals surface area (Å²) in [5.74, 6) is 0.904. The Bertz CT molecular complexity index is 493. The van der Waals surface area contributed by atoms with Crippen LogP contribution in [-0.4, -0.2) is 28.9 Å². The minimum absolute atomic E-state index is 0.904. The van der Waals surface area contributed by atoms with E-state index in [9.17, 15) is 0 Å². The lowest BCUT2D eigenvalue weighted by atomic mass is 10.2. The van der Waals surface area contributed by atoms with Crippen LogP contribution in [0, 0.1) is 0 Å². The van der Waals surface area contributed by atoms with Crippen LogP contribution >= 0.6 is 11.8 Å². The summed E-state index contributed by atoms with van der Waals surface area (Å²) in [4.78, 5) is 6.34. The van der Waals surface area contributed by atoms with Crippen molar-refractivity contribution in [2.75, 3.05) is 19.0 Å². The molecule has 0 amide bonds. The van der Waals surface area contributed by atoms with Gasteiger partial charge in [-0.3, -0.25) is 0 Å². The Morgan fingerprint density at radius 1 is 1.29 bits per heavy atom. The lowest BCUT2D eigenvalue weighted by molar-refractivity contribution is 0.685. The third-order valence-electron chi connectivity index (χ3n) is 2.50. The van der Waals surface area contributed by atoms with E-state index >= 15 is 0 Å². The second-order valence-electron chi connectivity index (χ2n) is 3.98. The highest BCUT2D eigenvalue weighted by atomic mass is 32.2. The maximum atomic E-state index is 4.21. The Morgan fingerprint density at radius 3 is 2.71 bits per heavy atom. The zero-order valence-corrected chi connectivity index (χ0v) is 11.1. The number of thioether (sulfide) groups is 1. The number of aromatic nitrogens is 3. The average Bonchev–Trinajstić information content (AvgIpc) is 2.72. The molecule has 2 aromatic rings. The zero-order chi connectivity index (χ0) is 12.3. The SMILES string of the molecule is CN(C)c1ccccc1CSc1ncnn1C. The van der Waals surface area contributed by atoms with Gasteiger partial charge in [-0.2, -0.15) is 5.10 Å². The smallest absolute Gasteiger partial charge is 0.186 e. The van der Waals surface area contributed by atoms with Crippen LogP contribution in [0.3, 0.4) is 0 Å². The van der Waals surface area contributed by atoms with Gasteiger partial charge >= 0.3 is 0 Å². The predicted molar refractivity (Wildman–Crippen MR) is 71.3 cm³/mol. The normalized spacial score (nSPS) is 10.5. The van der Waals surface area contributed by atoms with Crippen molar-refractivity contribution in [1.29, 1.82) is 0 Å². The maximum absolute atomic E-state index is 4.21. The number of hydrogen-bond donors (Lipinski definition) is 0. The lowest BCUT2D eigenvalue weighted by Gasteiger charge is -2.16. The molecule has 0 unspecified atom stereocenters. The molecule has 0 aliphatic carbocycles. The fourth-order valence-corrected chi connectivity index (χ4v) is 2.51. The van der Waals surface area contributed by atoms with E-state index in [2.05, 4.69) is 53.3 Å². The van der Waals surface area contributed by atoms with E-state index in [1.54, 1.807) is 22.8 Å². The van der Waals surface area contributed by atoms with Crippen LogP contribution < -0.4 is 4.90 Å². The first-order valence-electron chi connectivity index (χ1n) is 5.40. The van der Waals surface area contributed by atoms with E-state index in [1.165, 1.54) is 11.3 Å². The van der Waals surface area contributed by atoms with Crippen LogP contribution in [0.5, 0.6) is 0 Å². The summed E-state index contributed by atoms with van der Waals surface area (Å²) >= 11 is 1.70. The molecular weight excluding hydrogens is 232 g/mol. The summed E-state index contributed by atoms with van der Waals surface area (Å²) in [6.45, 7) is 0. The quantitative estimate of drug-likeness (QED) is 0.777. The molecule has 0 radical (unpaired) electrons. The largest absolute Gasteiger partial charge is 0.377 e. The zero-order valence-electron chi connectivity index (χ0n) is 10.3. The molecule has 0 saturated carbocycles. The Labute approximate surface area is 106 Å². The first-order chi connectivity index (χ1) is 8.18. The standard InChI is InChI=1S/C12H16N4S/c1-15(2)11-7-5-4-6-10(11)8-17-12-13-9-14-16(12)3/h4-7,9H,8H2,1-3H3. The van der Waals surface area contributed by atoms with Crippen molar-refractivity contribution in [3.05, 3.63) is 36.2 Å². The number of rotatable bonds is 4. The predicted octanol–water partition coefficient (Wildman–Crippen LogP) is 2.17. The molecule has 2 rings (SSSR count). The second kappa shape index (κ2) is 5.23. The van der Waals surface area contributed by atoms with Crippen molar-refractivity contribution in [2.24, 2.45) is 7.05 Å². The minimum Gasteiger partial charge on any atom is -0.377 e. The van der Waals surface area contributed by atoms with Gasteiger partial charge < -0.3 is 4.90 Å². The Kier molecular flexibility index (Phi) is 3.68. The number of benzene rings is 1. The van der Waals surface area contributed by atoms with Crippen molar-refractivity contribution < 1.29 is 0 Å². The van der Waals surface area contributed by atoms with Crippen molar-refractivity contribution in [2.45, 2.75) is 10.9 Å². The van der Waals surface area contributed by atoms with Gasteiger partial charge in [0, 0.05) is 32.6 Å². The van der Waals surface area contributed by atoms with Gasteiger partial charge in [-0.15, -0.1) is 0 Å².